The Hall–Kier alpha value is -3.22. The molecule has 1 heterocycles. The van der Waals surface area contributed by atoms with Crippen LogP contribution in [0.5, 0.6) is 0 Å². The van der Waals surface area contributed by atoms with Crippen LogP contribution in [0.1, 0.15) is 31.4 Å². The molecule has 1 aliphatic rings. The number of anilines is 2. The van der Waals surface area contributed by atoms with E-state index in [1.54, 1.807) is 0 Å². The number of tetrazole rings is 1. The summed E-state index contributed by atoms with van der Waals surface area (Å²) in [5.41, 5.74) is 3.87. The molecule has 0 radical (unpaired) electrons. The summed E-state index contributed by atoms with van der Waals surface area (Å²) in [6, 6.07) is 16.1. The van der Waals surface area contributed by atoms with Crippen LogP contribution in [0.3, 0.4) is 0 Å². The molecule has 1 fully saturated rings. The van der Waals surface area contributed by atoms with Gasteiger partial charge in [-0.05, 0) is 71.7 Å². The van der Waals surface area contributed by atoms with Crippen molar-refractivity contribution in [1.82, 2.24) is 20.2 Å². The van der Waals surface area contributed by atoms with E-state index in [0.717, 1.165) is 42.0 Å². The molecule has 3 aromatic rings. The van der Waals surface area contributed by atoms with Crippen molar-refractivity contribution in [2.75, 3.05) is 17.2 Å². The molecule has 7 heteroatoms. The standard InChI is InChI=1S/C20H22N6O/c1-2-14-4-3-5-17(12-14)22-19(27)13-21-16-8-6-15(7-9-16)20-23-24-25-26(20)18-10-11-18/h3-9,12,18,21H,2,10-11,13H2,1H3,(H,22,27). The lowest BCUT2D eigenvalue weighted by molar-refractivity contribution is -0.114. The van der Waals surface area contributed by atoms with E-state index < -0.39 is 0 Å². The van der Waals surface area contributed by atoms with Crippen molar-refractivity contribution >= 4 is 17.3 Å². The zero-order valence-corrected chi connectivity index (χ0v) is 15.2. The maximum absolute atomic E-state index is 12.2. The Bertz CT molecular complexity index is 930. The molecule has 138 valence electrons. The highest BCUT2D eigenvalue weighted by Crippen LogP contribution is 2.36. The zero-order valence-electron chi connectivity index (χ0n) is 15.2. The van der Waals surface area contributed by atoms with E-state index >= 15 is 0 Å². The van der Waals surface area contributed by atoms with E-state index in [4.69, 9.17) is 0 Å². The van der Waals surface area contributed by atoms with Gasteiger partial charge >= 0.3 is 0 Å². The molecule has 0 unspecified atom stereocenters. The minimum Gasteiger partial charge on any atom is -0.376 e. The average Bonchev–Trinajstić information content (AvgIpc) is 3.43. The molecule has 0 atom stereocenters. The Morgan fingerprint density at radius 3 is 2.70 bits per heavy atom. The molecule has 2 aromatic carbocycles. The van der Waals surface area contributed by atoms with Crippen LogP contribution in [0.25, 0.3) is 11.4 Å². The van der Waals surface area contributed by atoms with Gasteiger partial charge in [0.05, 0.1) is 12.6 Å². The summed E-state index contributed by atoms with van der Waals surface area (Å²) in [5.74, 6) is 0.711. The highest BCUT2D eigenvalue weighted by molar-refractivity contribution is 5.93. The molecule has 1 saturated carbocycles. The van der Waals surface area contributed by atoms with Gasteiger partial charge in [-0.15, -0.1) is 5.10 Å². The predicted molar refractivity (Wildman–Crippen MR) is 104 cm³/mol. The predicted octanol–water partition coefficient (Wildman–Crippen LogP) is 3.29. The number of nitrogens with zero attached hydrogens (tertiary/aromatic N) is 4. The first kappa shape index (κ1) is 17.2. The van der Waals surface area contributed by atoms with Gasteiger partial charge in [-0.3, -0.25) is 4.79 Å². The molecule has 0 spiro atoms. The zero-order chi connectivity index (χ0) is 18.6. The Morgan fingerprint density at radius 1 is 1.15 bits per heavy atom. The highest BCUT2D eigenvalue weighted by Gasteiger charge is 2.28. The SMILES string of the molecule is CCc1cccc(NC(=O)CNc2ccc(-c3nnnn3C3CC3)cc2)c1. The first-order valence-electron chi connectivity index (χ1n) is 9.24. The van der Waals surface area contributed by atoms with E-state index in [0.29, 0.717) is 6.04 Å². The van der Waals surface area contributed by atoms with Crippen LogP contribution >= 0.6 is 0 Å². The number of hydrogen-bond donors (Lipinski definition) is 2. The lowest BCUT2D eigenvalue weighted by Crippen LogP contribution is -2.21. The normalized spacial score (nSPS) is 13.4. The fraction of sp³-hybridized carbons (Fsp3) is 0.300. The molecule has 4 rings (SSSR count). The number of hydrogen-bond acceptors (Lipinski definition) is 5. The van der Waals surface area contributed by atoms with Gasteiger partial charge in [0.1, 0.15) is 0 Å². The molecular formula is C20H22N6O. The smallest absolute Gasteiger partial charge is 0.243 e. The third kappa shape index (κ3) is 4.13. The summed E-state index contributed by atoms with van der Waals surface area (Å²) < 4.78 is 1.89. The van der Waals surface area contributed by atoms with E-state index in [1.165, 1.54) is 5.56 Å². The Kier molecular flexibility index (Phi) is 4.82. The van der Waals surface area contributed by atoms with Crippen molar-refractivity contribution in [1.29, 1.82) is 0 Å². The van der Waals surface area contributed by atoms with Crippen molar-refractivity contribution in [3.05, 3.63) is 54.1 Å². The molecule has 0 saturated heterocycles. The van der Waals surface area contributed by atoms with Gasteiger partial charge in [-0.25, -0.2) is 4.68 Å². The van der Waals surface area contributed by atoms with Gasteiger partial charge in [0.15, 0.2) is 5.82 Å². The number of aryl methyl sites for hydroxylation is 1. The van der Waals surface area contributed by atoms with Gasteiger partial charge in [-0.1, -0.05) is 19.1 Å². The molecule has 1 aromatic heterocycles. The van der Waals surface area contributed by atoms with Crippen molar-refractivity contribution < 1.29 is 4.79 Å². The van der Waals surface area contributed by atoms with Crippen LogP contribution in [0, 0.1) is 0 Å². The third-order valence-electron chi connectivity index (χ3n) is 4.60. The molecule has 2 N–H and O–H groups in total. The summed E-state index contributed by atoms with van der Waals surface area (Å²) >= 11 is 0. The number of carbonyl (C=O) groups excluding carboxylic acids is 1. The fourth-order valence-corrected chi connectivity index (χ4v) is 2.94. The maximum atomic E-state index is 12.2. The van der Waals surface area contributed by atoms with Crippen LogP contribution in [-0.2, 0) is 11.2 Å². The van der Waals surface area contributed by atoms with Crippen LogP contribution in [0.2, 0.25) is 0 Å². The van der Waals surface area contributed by atoms with Gasteiger partial charge in [0, 0.05) is 16.9 Å². The van der Waals surface area contributed by atoms with E-state index in [9.17, 15) is 4.79 Å². The first-order valence-corrected chi connectivity index (χ1v) is 9.24. The average molecular weight is 362 g/mol. The van der Waals surface area contributed by atoms with Crippen molar-refractivity contribution in [3.8, 4) is 11.4 Å². The van der Waals surface area contributed by atoms with Gasteiger partial charge in [0.2, 0.25) is 5.91 Å². The third-order valence-corrected chi connectivity index (χ3v) is 4.60. The van der Waals surface area contributed by atoms with Crippen LogP contribution in [-0.4, -0.2) is 32.7 Å². The number of carbonyl (C=O) groups is 1. The Morgan fingerprint density at radius 2 is 1.96 bits per heavy atom. The number of nitrogens with one attached hydrogen (secondary N) is 2. The molecule has 7 nitrogen and oxygen atoms in total. The van der Waals surface area contributed by atoms with Gasteiger partial charge < -0.3 is 10.6 Å². The summed E-state index contributed by atoms with van der Waals surface area (Å²) in [6.07, 6.45) is 3.21. The topological polar surface area (TPSA) is 84.7 Å². The van der Waals surface area contributed by atoms with Crippen LogP contribution in [0.4, 0.5) is 11.4 Å². The monoisotopic (exact) mass is 362 g/mol. The molecule has 1 amide bonds. The second-order valence-electron chi connectivity index (χ2n) is 6.71. The lowest BCUT2D eigenvalue weighted by Gasteiger charge is -2.09. The van der Waals surface area contributed by atoms with E-state index in [1.807, 2.05) is 47.1 Å². The number of amides is 1. The van der Waals surface area contributed by atoms with Crippen LogP contribution in [0.15, 0.2) is 48.5 Å². The van der Waals surface area contributed by atoms with Crippen molar-refractivity contribution in [3.63, 3.8) is 0 Å². The second-order valence-corrected chi connectivity index (χ2v) is 6.71. The molecule has 1 aliphatic carbocycles. The van der Waals surface area contributed by atoms with Crippen molar-refractivity contribution in [2.45, 2.75) is 32.2 Å². The minimum atomic E-state index is -0.0787. The molecule has 0 bridgehead atoms. The lowest BCUT2D eigenvalue weighted by atomic mass is 10.1. The summed E-state index contributed by atoms with van der Waals surface area (Å²) in [4.78, 5) is 12.2. The Balaban J connectivity index is 1.34. The van der Waals surface area contributed by atoms with Crippen LogP contribution < -0.4 is 10.6 Å². The van der Waals surface area contributed by atoms with E-state index in [-0.39, 0.29) is 12.5 Å². The van der Waals surface area contributed by atoms with Gasteiger partial charge in [-0.2, -0.15) is 0 Å². The molecular weight excluding hydrogens is 340 g/mol. The summed E-state index contributed by atoms with van der Waals surface area (Å²) in [5, 5.41) is 18.1. The van der Waals surface area contributed by atoms with E-state index in [2.05, 4.69) is 39.1 Å². The Labute approximate surface area is 157 Å². The number of aromatic nitrogens is 4. The summed E-state index contributed by atoms with van der Waals surface area (Å²) in [7, 11) is 0. The first-order chi connectivity index (χ1) is 13.2. The minimum absolute atomic E-state index is 0.0787. The molecule has 27 heavy (non-hydrogen) atoms. The quantitative estimate of drug-likeness (QED) is 0.674. The number of benzene rings is 2. The van der Waals surface area contributed by atoms with Crippen molar-refractivity contribution in [2.24, 2.45) is 0 Å². The largest absolute Gasteiger partial charge is 0.376 e. The fourth-order valence-electron chi connectivity index (χ4n) is 2.94. The summed E-state index contributed by atoms with van der Waals surface area (Å²) in [6.45, 7) is 2.30. The second kappa shape index (κ2) is 7.57. The maximum Gasteiger partial charge on any atom is 0.243 e. The molecule has 0 aliphatic heterocycles. The van der Waals surface area contributed by atoms with Gasteiger partial charge in [0.25, 0.3) is 0 Å². The highest BCUT2D eigenvalue weighted by atomic mass is 16.1. The number of rotatable bonds is 7.